The summed E-state index contributed by atoms with van der Waals surface area (Å²) in [5, 5.41) is 0. The Bertz CT molecular complexity index is 450. The Hall–Kier alpha value is -1.10. The van der Waals surface area contributed by atoms with Crippen LogP contribution in [0.15, 0.2) is 18.2 Å². The summed E-state index contributed by atoms with van der Waals surface area (Å²) in [6.07, 6.45) is 3.02. The molecule has 0 fully saturated rings. The van der Waals surface area contributed by atoms with Crippen LogP contribution in [-0.2, 0) is 11.2 Å². The molecule has 0 saturated carbocycles. The quantitative estimate of drug-likeness (QED) is 0.620. The van der Waals surface area contributed by atoms with Crippen LogP contribution in [0, 0.1) is 0 Å². The molecular formula is C16H26N2O2. The summed E-state index contributed by atoms with van der Waals surface area (Å²) in [5.41, 5.74) is 4.96. The number of hydrogen-bond acceptors (Lipinski definition) is 4. The van der Waals surface area contributed by atoms with Gasteiger partial charge in [-0.2, -0.15) is 0 Å². The Kier molecular flexibility index (Phi) is 5.02. The number of ether oxygens (including phenoxy) is 2. The van der Waals surface area contributed by atoms with E-state index in [0.717, 1.165) is 37.2 Å². The molecule has 2 unspecified atom stereocenters. The van der Waals surface area contributed by atoms with Crippen LogP contribution in [-0.4, -0.2) is 18.8 Å². The third kappa shape index (κ3) is 2.82. The molecule has 4 nitrogen and oxygen atoms in total. The van der Waals surface area contributed by atoms with E-state index in [1.807, 2.05) is 6.92 Å². The third-order valence-corrected chi connectivity index (χ3v) is 4.23. The summed E-state index contributed by atoms with van der Waals surface area (Å²) < 4.78 is 11.9. The highest BCUT2D eigenvalue weighted by atomic mass is 16.5. The van der Waals surface area contributed by atoms with Crippen molar-refractivity contribution in [1.82, 2.24) is 5.43 Å². The van der Waals surface area contributed by atoms with Crippen molar-refractivity contribution in [3.63, 3.8) is 0 Å². The topological polar surface area (TPSA) is 56.5 Å². The Labute approximate surface area is 121 Å². The molecule has 1 aromatic rings. The largest absolute Gasteiger partial charge is 0.493 e. The number of fused-ring (bicyclic) bond motifs is 1. The lowest BCUT2D eigenvalue weighted by molar-refractivity contribution is -0.0569. The summed E-state index contributed by atoms with van der Waals surface area (Å²) >= 11 is 0. The third-order valence-electron chi connectivity index (χ3n) is 4.23. The van der Waals surface area contributed by atoms with Gasteiger partial charge in [0.25, 0.3) is 0 Å². The van der Waals surface area contributed by atoms with Gasteiger partial charge in [-0.25, -0.2) is 5.43 Å². The molecule has 0 spiro atoms. The maximum absolute atomic E-state index is 5.98. The van der Waals surface area contributed by atoms with Crippen LogP contribution in [0.1, 0.15) is 50.8 Å². The van der Waals surface area contributed by atoms with Gasteiger partial charge < -0.3 is 9.47 Å². The van der Waals surface area contributed by atoms with E-state index >= 15 is 0 Å². The van der Waals surface area contributed by atoms with Crippen LogP contribution >= 0.6 is 0 Å². The minimum Gasteiger partial charge on any atom is -0.493 e. The van der Waals surface area contributed by atoms with Crippen LogP contribution in [0.3, 0.4) is 0 Å². The van der Waals surface area contributed by atoms with Gasteiger partial charge >= 0.3 is 0 Å². The summed E-state index contributed by atoms with van der Waals surface area (Å²) in [7, 11) is 0. The predicted molar refractivity (Wildman–Crippen MR) is 80.6 cm³/mol. The predicted octanol–water partition coefficient (Wildman–Crippen LogP) is 2.72. The fourth-order valence-electron chi connectivity index (χ4n) is 2.96. The van der Waals surface area contributed by atoms with E-state index in [1.165, 1.54) is 5.56 Å². The Morgan fingerprint density at radius 3 is 2.90 bits per heavy atom. The second-order valence-electron chi connectivity index (χ2n) is 5.49. The van der Waals surface area contributed by atoms with E-state index in [4.69, 9.17) is 15.3 Å². The van der Waals surface area contributed by atoms with Crippen molar-refractivity contribution in [2.75, 3.05) is 13.2 Å². The fourth-order valence-corrected chi connectivity index (χ4v) is 2.96. The first-order chi connectivity index (χ1) is 9.66. The zero-order chi connectivity index (χ0) is 14.6. The van der Waals surface area contributed by atoms with E-state index in [-0.39, 0.29) is 11.6 Å². The number of nitrogens with two attached hydrogens (primary N) is 1. The maximum atomic E-state index is 5.98. The lowest BCUT2D eigenvalue weighted by atomic mass is 9.86. The van der Waals surface area contributed by atoms with Crippen LogP contribution in [0.25, 0.3) is 0 Å². The summed E-state index contributed by atoms with van der Waals surface area (Å²) in [6.45, 7) is 7.68. The number of para-hydroxylation sites is 1. The second-order valence-corrected chi connectivity index (χ2v) is 5.49. The van der Waals surface area contributed by atoms with Crippen molar-refractivity contribution in [2.45, 2.75) is 51.7 Å². The molecule has 0 amide bonds. The van der Waals surface area contributed by atoms with Crippen molar-refractivity contribution < 1.29 is 9.47 Å². The molecule has 1 aromatic carbocycles. The van der Waals surface area contributed by atoms with Gasteiger partial charge in [-0.1, -0.05) is 25.1 Å². The molecule has 1 aliphatic heterocycles. The van der Waals surface area contributed by atoms with Gasteiger partial charge in [0.2, 0.25) is 0 Å². The van der Waals surface area contributed by atoms with Crippen molar-refractivity contribution in [3.8, 4) is 5.75 Å². The van der Waals surface area contributed by atoms with Gasteiger partial charge in [0.15, 0.2) is 0 Å². The zero-order valence-electron chi connectivity index (χ0n) is 12.7. The SMILES string of the molecule is CCOC(C)(CC)C(NN)c1cccc2c1OCCC2. The molecule has 2 rings (SSSR count). The van der Waals surface area contributed by atoms with E-state index in [1.54, 1.807) is 0 Å². The molecular weight excluding hydrogens is 252 g/mol. The zero-order valence-corrected chi connectivity index (χ0v) is 12.7. The number of nitrogens with one attached hydrogen (secondary N) is 1. The van der Waals surface area contributed by atoms with Gasteiger partial charge in [0.1, 0.15) is 5.75 Å². The highest BCUT2D eigenvalue weighted by molar-refractivity contribution is 5.45. The Morgan fingerprint density at radius 1 is 1.45 bits per heavy atom. The lowest BCUT2D eigenvalue weighted by Gasteiger charge is -2.38. The highest BCUT2D eigenvalue weighted by Crippen LogP contribution is 2.39. The molecule has 2 atom stereocenters. The minimum atomic E-state index is -0.348. The number of hydrazine groups is 1. The van der Waals surface area contributed by atoms with Crippen molar-refractivity contribution in [3.05, 3.63) is 29.3 Å². The van der Waals surface area contributed by atoms with Gasteiger partial charge in [-0.15, -0.1) is 0 Å². The molecule has 0 radical (unpaired) electrons. The molecule has 1 heterocycles. The van der Waals surface area contributed by atoms with E-state index < -0.39 is 0 Å². The standard InChI is InChI=1S/C16H26N2O2/c1-4-16(3,20-5-2)15(18-17)13-10-6-8-12-9-7-11-19-14(12)13/h6,8,10,15,18H,4-5,7,9,11,17H2,1-3H3. The van der Waals surface area contributed by atoms with Gasteiger partial charge in [-0.05, 0) is 38.7 Å². The first-order valence-electron chi connectivity index (χ1n) is 7.51. The smallest absolute Gasteiger partial charge is 0.127 e. The summed E-state index contributed by atoms with van der Waals surface area (Å²) in [4.78, 5) is 0. The van der Waals surface area contributed by atoms with Crippen LogP contribution in [0.4, 0.5) is 0 Å². The monoisotopic (exact) mass is 278 g/mol. The molecule has 0 aliphatic carbocycles. The number of rotatable bonds is 6. The average Bonchev–Trinajstić information content (AvgIpc) is 2.48. The number of benzene rings is 1. The molecule has 1 aliphatic rings. The van der Waals surface area contributed by atoms with Gasteiger partial charge in [0.05, 0.1) is 18.2 Å². The average molecular weight is 278 g/mol. The van der Waals surface area contributed by atoms with Crippen molar-refractivity contribution >= 4 is 0 Å². The minimum absolute atomic E-state index is 0.0829. The summed E-state index contributed by atoms with van der Waals surface area (Å²) in [5.74, 6) is 6.83. The van der Waals surface area contributed by atoms with E-state index in [9.17, 15) is 0 Å². The molecule has 0 saturated heterocycles. The van der Waals surface area contributed by atoms with Gasteiger partial charge in [-0.3, -0.25) is 5.84 Å². The van der Waals surface area contributed by atoms with Gasteiger partial charge in [0, 0.05) is 12.2 Å². The second kappa shape index (κ2) is 6.57. The first-order valence-corrected chi connectivity index (χ1v) is 7.51. The van der Waals surface area contributed by atoms with Crippen LogP contribution in [0.5, 0.6) is 5.75 Å². The van der Waals surface area contributed by atoms with E-state index in [0.29, 0.717) is 6.61 Å². The van der Waals surface area contributed by atoms with Crippen molar-refractivity contribution in [1.29, 1.82) is 0 Å². The van der Waals surface area contributed by atoms with Crippen molar-refractivity contribution in [2.24, 2.45) is 5.84 Å². The molecule has 0 bridgehead atoms. The maximum Gasteiger partial charge on any atom is 0.127 e. The normalized spacial score (nSPS) is 18.8. The number of hydrogen-bond donors (Lipinski definition) is 2. The fraction of sp³-hybridized carbons (Fsp3) is 0.625. The molecule has 4 heteroatoms. The van der Waals surface area contributed by atoms with Crippen LogP contribution < -0.4 is 16.0 Å². The first kappa shape index (κ1) is 15.3. The number of aryl methyl sites for hydroxylation is 1. The lowest BCUT2D eigenvalue weighted by Crippen LogP contribution is -2.46. The Balaban J connectivity index is 2.41. The van der Waals surface area contributed by atoms with Crippen LogP contribution in [0.2, 0.25) is 0 Å². The molecule has 112 valence electrons. The molecule has 0 aromatic heterocycles. The van der Waals surface area contributed by atoms with E-state index in [2.05, 4.69) is 37.5 Å². The Morgan fingerprint density at radius 2 is 2.25 bits per heavy atom. The molecule has 20 heavy (non-hydrogen) atoms. The molecule has 3 N–H and O–H groups in total. The summed E-state index contributed by atoms with van der Waals surface area (Å²) in [6, 6.07) is 6.22. The highest BCUT2D eigenvalue weighted by Gasteiger charge is 2.36.